The topological polar surface area (TPSA) is 9.86 Å². The first kappa shape index (κ1) is 5.35. The molecule has 0 saturated heterocycles. The maximum Gasteiger partial charge on any atom is 0.0268 e. The Hall–Kier alpha value is -1.44. The molecule has 10 heavy (non-hydrogen) atoms. The Morgan fingerprint density at radius 2 is 0.800 bits per heavy atom. The van der Waals surface area contributed by atoms with Gasteiger partial charge in [-0.2, -0.15) is 0 Å². The quantitative estimate of drug-likeness (QED) is 0.557. The molecule has 0 aliphatic carbocycles. The molecule has 0 unspecified atom stereocenters. The molecule has 0 saturated carbocycles. The van der Waals surface area contributed by atoms with Gasteiger partial charge in [-0.25, -0.2) is 0 Å². The highest BCUT2D eigenvalue weighted by Gasteiger charge is 1.85. The van der Waals surface area contributed by atoms with Crippen molar-refractivity contribution >= 4 is 0 Å². The maximum atomic E-state index is 2.00. The molecule has 0 atom stereocenters. The van der Waals surface area contributed by atoms with E-state index in [1.54, 1.807) is 0 Å². The summed E-state index contributed by atoms with van der Waals surface area (Å²) in [7, 11) is 0. The summed E-state index contributed by atoms with van der Waals surface area (Å²) in [6.45, 7) is 0. The third-order valence-corrected chi connectivity index (χ3v) is 1.44. The molecule has 50 valence electrons. The van der Waals surface area contributed by atoms with Crippen molar-refractivity contribution in [1.82, 2.24) is 9.35 Å². The van der Waals surface area contributed by atoms with Crippen molar-refractivity contribution in [2.24, 2.45) is 0 Å². The number of rotatable bonds is 1. The zero-order valence-corrected chi connectivity index (χ0v) is 5.51. The zero-order chi connectivity index (χ0) is 6.81. The van der Waals surface area contributed by atoms with Crippen LogP contribution in [0.2, 0.25) is 0 Å². The van der Waals surface area contributed by atoms with Crippen LogP contribution in [-0.4, -0.2) is 9.35 Å². The standard InChI is InChI=1S/C8H8N2/c1-2-6-9(5-1)10-7-3-4-8-10/h1-8H. The fourth-order valence-corrected chi connectivity index (χ4v) is 0.959. The number of hydrogen-bond donors (Lipinski definition) is 0. The molecule has 0 amide bonds. The van der Waals surface area contributed by atoms with E-state index in [1.807, 2.05) is 58.4 Å². The van der Waals surface area contributed by atoms with Crippen molar-refractivity contribution in [2.45, 2.75) is 0 Å². The van der Waals surface area contributed by atoms with Gasteiger partial charge in [0.05, 0.1) is 0 Å². The Morgan fingerprint density at radius 1 is 0.500 bits per heavy atom. The van der Waals surface area contributed by atoms with Crippen LogP contribution >= 0.6 is 0 Å². The van der Waals surface area contributed by atoms with Gasteiger partial charge in [-0.15, -0.1) is 0 Å². The molecule has 2 heterocycles. The average Bonchev–Trinajstić information content (AvgIpc) is 2.59. The number of hydrogen-bond acceptors (Lipinski definition) is 0. The molecule has 2 nitrogen and oxygen atoms in total. The van der Waals surface area contributed by atoms with Crippen LogP contribution in [0.5, 0.6) is 0 Å². The summed E-state index contributed by atoms with van der Waals surface area (Å²) in [4.78, 5) is 0. The van der Waals surface area contributed by atoms with E-state index in [-0.39, 0.29) is 0 Å². The van der Waals surface area contributed by atoms with Crippen LogP contribution in [0.3, 0.4) is 0 Å². The van der Waals surface area contributed by atoms with Gasteiger partial charge >= 0.3 is 0 Å². The molecule has 2 heteroatoms. The summed E-state index contributed by atoms with van der Waals surface area (Å²) in [6.07, 6.45) is 8.00. The van der Waals surface area contributed by atoms with E-state index >= 15 is 0 Å². The summed E-state index contributed by atoms with van der Waals surface area (Å²) in [6, 6.07) is 8.00. The van der Waals surface area contributed by atoms with E-state index in [1.165, 1.54) is 0 Å². The van der Waals surface area contributed by atoms with E-state index in [4.69, 9.17) is 0 Å². The lowest BCUT2D eigenvalue weighted by molar-refractivity contribution is 0.668. The second-order valence-electron chi connectivity index (χ2n) is 2.13. The minimum atomic E-state index is 2.00. The van der Waals surface area contributed by atoms with Crippen LogP contribution in [0, 0.1) is 0 Å². The normalized spacial score (nSPS) is 10.0. The van der Waals surface area contributed by atoms with Crippen molar-refractivity contribution < 1.29 is 0 Å². The van der Waals surface area contributed by atoms with Crippen molar-refractivity contribution in [3.63, 3.8) is 0 Å². The van der Waals surface area contributed by atoms with Gasteiger partial charge < -0.3 is 0 Å². The molecule has 2 aromatic heterocycles. The minimum absolute atomic E-state index is 2.00. The highest BCUT2D eigenvalue weighted by Crippen LogP contribution is 1.93. The van der Waals surface area contributed by atoms with Gasteiger partial charge in [-0.1, -0.05) is 0 Å². The summed E-state index contributed by atoms with van der Waals surface area (Å²) in [5.41, 5.74) is 0. The maximum absolute atomic E-state index is 2.00. The van der Waals surface area contributed by atoms with E-state index < -0.39 is 0 Å². The van der Waals surface area contributed by atoms with Crippen molar-refractivity contribution in [3.8, 4) is 0 Å². The molecular formula is C8H8N2. The molecule has 0 spiro atoms. The summed E-state index contributed by atoms with van der Waals surface area (Å²) < 4.78 is 4.00. The van der Waals surface area contributed by atoms with E-state index in [0.29, 0.717) is 0 Å². The monoisotopic (exact) mass is 132 g/mol. The lowest BCUT2D eigenvalue weighted by Crippen LogP contribution is -2.01. The molecule has 2 aromatic rings. The second-order valence-corrected chi connectivity index (χ2v) is 2.13. The van der Waals surface area contributed by atoms with Crippen molar-refractivity contribution in [1.29, 1.82) is 0 Å². The van der Waals surface area contributed by atoms with Crippen LogP contribution < -0.4 is 0 Å². The number of aromatic nitrogens is 2. The third-order valence-electron chi connectivity index (χ3n) is 1.44. The molecule has 0 aliphatic heterocycles. The van der Waals surface area contributed by atoms with Crippen LogP contribution in [0.25, 0.3) is 0 Å². The van der Waals surface area contributed by atoms with Gasteiger partial charge in [0.1, 0.15) is 0 Å². The molecular weight excluding hydrogens is 124 g/mol. The Bertz CT molecular complexity index is 247. The largest absolute Gasteiger partial charge is 0.265 e. The Labute approximate surface area is 59.3 Å². The highest BCUT2D eigenvalue weighted by molar-refractivity contribution is 4.96. The van der Waals surface area contributed by atoms with Crippen LogP contribution in [0.4, 0.5) is 0 Å². The summed E-state index contributed by atoms with van der Waals surface area (Å²) in [5.74, 6) is 0. The zero-order valence-electron chi connectivity index (χ0n) is 5.51. The predicted molar refractivity (Wildman–Crippen MR) is 39.7 cm³/mol. The second kappa shape index (κ2) is 2.06. The smallest absolute Gasteiger partial charge is 0.0268 e. The molecule has 0 fully saturated rings. The Kier molecular flexibility index (Phi) is 1.10. The van der Waals surface area contributed by atoms with E-state index in [9.17, 15) is 0 Å². The van der Waals surface area contributed by atoms with Crippen LogP contribution in [-0.2, 0) is 0 Å². The molecule has 0 N–H and O–H groups in total. The predicted octanol–water partition coefficient (Wildman–Crippen LogP) is 1.60. The van der Waals surface area contributed by atoms with Gasteiger partial charge in [-0.3, -0.25) is 9.35 Å². The Morgan fingerprint density at radius 3 is 1.10 bits per heavy atom. The van der Waals surface area contributed by atoms with Crippen LogP contribution in [0.15, 0.2) is 49.1 Å². The number of nitrogens with zero attached hydrogens (tertiary/aromatic N) is 2. The molecule has 2 rings (SSSR count). The van der Waals surface area contributed by atoms with Gasteiger partial charge in [0.2, 0.25) is 0 Å². The Balaban J connectivity index is 2.48. The molecule has 0 aromatic carbocycles. The first-order chi connectivity index (χ1) is 4.97. The van der Waals surface area contributed by atoms with Gasteiger partial charge in [-0.05, 0) is 24.3 Å². The van der Waals surface area contributed by atoms with E-state index in [2.05, 4.69) is 0 Å². The fraction of sp³-hybridized carbons (Fsp3) is 0. The van der Waals surface area contributed by atoms with Gasteiger partial charge in [0.25, 0.3) is 0 Å². The SMILES string of the molecule is c1ccn(-n2cccc2)c1. The average molecular weight is 132 g/mol. The van der Waals surface area contributed by atoms with Crippen molar-refractivity contribution in [3.05, 3.63) is 49.1 Å². The van der Waals surface area contributed by atoms with Gasteiger partial charge in [0, 0.05) is 24.8 Å². The first-order valence-corrected chi connectivity index (χ1v) is 3.23. The van der Waals surface area contributed by atoms with Crippen LogP contribution in [0.1, 0.15) is 0 Å². The first-order valence-electron chi connectivity index (χ1n) is 3.23. The lowest BCUT2D eigenvalue weighted by atomic mass is 10.7. The minimum Gasteiger partial charge on any atom is -0.265 e. The third kappa shape index (κ3) is 0.739. The van der Waals surface area contributed by atoms with Gasteiger partial charge in [0.15, 0.2) is 0 Å². The molecule has 0 aliphatic rings. The fourth-order valence-electron chi connectivity index (χ4n) is 0.959. The molecule has 0 bridgehead atoms. The lowest BCUT2D eigenvalue weighted by Gasteiger charge is -2.01. The van der Waals surface area contributed by atoms with E-state index in [0.717, 1.165) is 0 Å². The molecule has 0 radical (unpaired) electrons. The van der Waals surface area contributed by atoms with Crippen molar-refractivity contribution in [2.75, 3.05) is 0 Å². The summed E-state index contributed by atoms with van der Waals surface area (Å²) in [5, 5.41) is 0. The highest BCUT2D eigenvalue weighted by atomic mass is 15.4. The summed E-state index contributed by atoms with van der Waals surface area (Å²) >= 11 is 0.